The van der Waals surface area contributed by atoms with Crippen LogP contribution in [0, 0.1) is 17.2 Å². The number of carboxylic acids is 1. The Kier molecular flexibility index (Phi) is 4.47. The van der Waals surface area contributed by atoms with Gasteiger partial charge in [-0.1, -0.05) is 6.07 Å². The minimum Gasteiger partial charge on any atom is -0.507 e. The number of hydrogen-bond acceptors (Lipinski definition) is 8. The van der Waals surface area contributed by atoms with Gasteiger partial charge in [-0.3, -0.25) is 4.79 Å². The van der Waals surface area contributed by atoms with Crippen molar-refractivity contribution < 1.29 is 37.1 Å². The van der Waals surface area contributed by atoms with Crippen molar-refractivity contribution in [3.63, 3.8) is 0 Å². The molecule has 2 aromatic carbocycles. The minimum atomic E-state index is -4.38. The van der Waals surface area contributed by atoms with Crippen LogP contribution in [0.5, 0.6) is 17.2 Å². The van der Waals surface area contributed by atoms with Crippen LogP contribution in [0.1, 0.15) is 15.9 Å². The normalized spacial score (nSPS) is 16.0. The molecular weight excluding hydrogens is 378 g/mol. The number of carbonyl (C=O) groups is 2. The van der Waals surface area contributed by atoms with Gasteiger partial charge in [-0.25, -0.2) is 4.79 Å². The van der Waals surface area contributed by atoms with Crippen LogP contribution in [0.25, 0.3) is 0 Å². The number of aromatic carboxylic acids is 1. The standard InChI is InChI=1S/C17H11NO8S/c18-8-10-5-9-1-2-11(6-15(9)25-17(10)22)26-27(23,24)12-3-4-13(16(20)21)14(19)7-12/h1-4,6-7,10,19H,5H2,(H,20,21). The molecule has 1 aliphatic rings. The van der Waals surface area contributed by atoms with Crippen LogP contribution in [-0.4, -0.2) is 30.6 Å². The number of nitriles is 1. The lowest BCUT2D eigenvalue weighted by molar-refractivity contribution is -0.138. The number of esters is 1. The van der Waals surface area contributed by atoms with E-state index < -0.39 is 44.2 Å². The highest BCUT2D eigenvalue weighted by molar-refractivity contribution is 7.87. The molecule has 1 unspecified atom stereocenters. The molecule has 27 heavy (non-hydrogen) atoms. The van der Waals surface area contributed by atoms with Crippen LogP contribution >= 0.6 is 0 Å². The Balaban J connectivity index is 1.88. The molecule has 10 heteroatoms. The number of ether oxygens (including phenoxy) is 1. The van der Waals surface area contributed by atoms with Crippen LogP contribution in [0.15, 0.2) is 41.3 Å². The molecular formula is C17H11NO8S. The van der Waals surface area contributed by atoms with Crippen molar-refractivity contribution in [2.45, 2.75) is 11.3 Å². The number of fused-ring (bicyclic) bond motifs is 1. The number of carboxylic acid groups (broad SMARTS) is 1. The first-order chi connectivity index (χ1) is 12.7. The summed E-state index contributed by atoms with van der Waals surface area (Å²) < 4.78 is 34.6. The van der Waals surface area contributed by atoms with Gasteiger partial charge in [-0.15, -0.1) is 0 Å². The molecule has 2 N–H and O–H groups in total. The largest absolute Gasteiger partial charge is 0.507 e. The summed E-state index contributed by atoms with van der Waals surface area (Å²) >= 11 is 0. The van der Waals surface area contributed by atoms with Gasteiger partial charge < -0.3 is 19.1 Å². The van der Waals surface area contributed by atoms with Gasteiger partial charge in [-0.05, 0) is 23.8 Å². The Morgan fingerprint density at radius 1 is 1.26 bits per heavy atom. The van der Waals surface area contributed by atoms with Gasteiger partial charge in [-0.2, -0.15) is 13.7 Å². The van der Waals surface area contributed by atoms with Crippen LogP contribution < -0.4 is 8.92 Å². The molecule has 0 fully saturated rings. The average molecular weight is 389 g/mol. The molecule has 0 bridgehead atoms. The summed E-state index contributed by atoms with van der Waals surface area (Å²) in [6.45, 7) is 0. The highest BCUT2D eigenvalue weighted by Crippen LogP contribution is 2.33. The summed E-state index contributed by atoms with van der Waals surface area (Å²) in [4.78, 5) is 22.1. The molecule has 2 aromatic rings. The Labute approximate surface area is 153 Å². The number of benzene rings is 2. The van der Waals surface area contributed by atoms with E-state index in [0.29, 0.717) is 5.56 Å². The molecule has 0 saturated carbocycles. The summed E-state index contributed by atoms with van der Waals surface area (Å²) in [5.74, 6) is -3.87. The number of aromatic hydroxyl groups is 1. The van der Waals surface area contributed by atoms with Gasteiger partial charge in [0.15, 0.2) is 0 Å². The number of rotatable bonds is 4. The van der Waals surface area contributed by atoms with Crippen molar-refractivity contribution >= 4 is 22.1 Å². The molecule has 1 aliphatic heterocycles. The molecule has 9 nitrogen and oxygen atoms in total. The van der Waals surface area contributed by atoms with Crippen LogP contribution in [0.4, 0.5) is 0 Å². The minimum absolute atomic E-state index is 0.0864. The zero-order chi connectivity index (χ0) is 19.8. The van der Waals surface area contributed by atoms with Crippen LogP contribution in [0.3, 0.4) is 0 Å². The molecule has 3 rings (SSSR count). The molecule has 1 atom stereocenters. The number of carbonyl (C=O) groups excluding carboxylic acids is 1. The summed E-state index contributed by atoms with van der Waals surface area (Å²) in [6.07, 6.45) is 0.141. The predicted molar refractivity (Wildman–Crippen MR) is 87.8 cm³/mol. The van der Waals surface area contributed by atoms with E-state index >= 15 is 0 Å². The molecule has 0 saturated heterocycles. The Hall–Kier alpha value is -3.58. The zero-order valence-corrected chi connectivity index (χ0v) is 14.3. The van der Waals surface area contributed by atoms with E-state index in [9.17, 15) is 23.1 Å². The maximum Gasteiger partial charge on any atom is 0.339 e. The maximum atomic E-state index is 12.3. The van der Waals surface area contributed by atoms with Gasteiger partial charge in [0.1, 0.15) is 33.6 Å². The molecule has 0 spiro atoms. The monoisotopic (exact) mass is 389 g/mol. The third-order valence-corrected chi connectivity index (χ3v) is 5.05. The van der Waals surface area contributed by atoms with E-state index in [2.05, 4.69) is 0 Å². The zero-order valence-electron chi connectivity index (χ0n) is 13.4. The first-order valence-corrected chi connectivity index (χ1v) is 8.87. The molecule has 1 heterocycles. The van der Waals surface area contributed by atoms with E-state index in [1.165, 1.54) is 18.2 Å². The van der Waals surface area contributed by atoms with Crippen molar-refractivity contribution in [2.24, 2.45) is 5.92 Å². The van der Waals surface area contributed by atoms with Crippen molar-refractivity contribution in [3.8, 4) is 23.3 Å². The van der Waals surface area contributed by atoms with E-state index in [0.717, 1.165) is 18.2 Å². The second kappa shape index (κ2) is 6.62. The summed E-state index contributed by atoms with van der Waals surface area (Å²) in [5.41, 5.74) is 0.0936. The number of nitrogens with zero attached hydrogens (tertiary/aromatic N) is 1. The smallest absolute Gasteiger partial charge is 0.339 e. The third kappa shape index (κ3) is 3.54. The lowest BCUT2D eigenvalue weighted by atomic mass is 9.97. The number of phenols is 1. The first kappa shape index (κ1) is 18.2. The highest BCUT2D eigenvalue weighted by atomic mass is 32.2. The second-order valence-electron chi connectivity index (χ2n) is 5.60. The number of hydrogen-bond donors (Lipinski definition) is 2. The van der Waals surface area contributed by atoms with Gasteiger partial charge in [0.05, 0.1) is 6.07 Å². The Morgan fingerprint density at radius 2 is 2.00 bits per heavy atom. The van der Waals surface area contributed by atoms with Crippen molar-refractivity contribution in [1.29, 1.82) is 5.26 Å². The maximum absolute atomic E-state index is 12.3. The topological polar surface area (TPSA) is 151 Å². The molecule has 138 valence electrons. The van der Waals surface area contributed by atoms with Crippen molar-refractivity contribution in [2.75, 3.05) is 0 Å². The van der Waals surface area contributed by atoms with Crippen LogP contribution in [-0.2, 0) is 21.3 Å². The molecule has 0 amide bonds. The van der Waals surface area contributed by atoms with E-state index in [1.54, 1.807) is 0 Å². The highest BCUT2D eigenvalue weighted by Gasteiger charge is 2.29. The third-order valence-electron chi connectivity index (χ3n) is 3.81. The SMILES string of the molecule is N#CC1Cc2ccc(OS(=O)(=O)c3ccc(C(=O)O)c(O)c3)cc2OC1=O. The lowest BCUT2D eigenvalue weighted by Crippen LogP contribution is -2.26. The van der Waals surface area contributed by atoms with Gasteiger partial charge >= 0.3 is 22.1 Å². The van der Waals surface area contributed by atoms with Gasteiger partial charge in [0.2, 0.25) is 0 Å². The molecule has 0 aliphatic carbocycles. The predicted octanol–water partition coefficient (Wildman–Crippen LogP) is 1.46. The summed E-state index contributed by atoms with van der Waals surface area (Å²) in [5, 5.41) is 27.4. The van der Waals surface area contributed by atoms with E-state index in [1.807, 2.05) is 6.07 Å². The Morgan fingerprint density at radius 3 is 2.63 bits per heavy atom. The Bertz CT molecular complexity index is 1100. The fraction of sp³-hybridized carbons (Fsp3) is 0.118. The van der Waals surface area contributed by atoms with Crippen LogP contribution in [0.2, 0.25) is 0 Å². The fourth-order valence-corrected chi connectivity index (χ4v) is 3.40. The quantitative estimate of drug-likeness (QED) is 0.450. The van der Waals surface area contributed by atoms with Gasteiger partial charge in [0, 0.05) is 18.6 Å². The average Bonchev–Trinajstić information content (AvgIpc) is 2.60. The van der Waals surface area contributed by atoms with Crippen molar-refractivity contribution in [3.05, 3.63) is 47.5 Å². The fourth-order valence-electron chi connectivity index (χ4n) is 2.45. The molecule has 0 radical (unpaired) electrons. The molecule has 0 aromatic heterocycles. The summed E-state index contributed by atoms with van der Waals surface area (Å²) in [6, 6.07) is 8.50. The van der Waals surface area contributed by atoms with E-state index in [-0.39, 0.29) is 17.9 Å². The lowest BCUT2D eigenvalue weighted by Gasteiger charge is -2.19. The van der Waals surface area contributed by atoms with Gasteiger partial charge in [0.25, 0.3) is 0 Å². The van der Waals surface area contributed by atoms with E-state index in [4.69, 9.17) is 19.3 Å². The summed E-state index contributed by atoms with van der Waals surface area (Å²) in [7, 11) is -4.38. The van der Waals surface area contributed by atoms with Crippen molar-refractivity contribution in [1.82, 2.24) is 0 Å². The second-order valence-corrected chi connectivity index (χ2v) is 7.14. The first-order valence-electron chi connectivity index (χ1n) is 7.46.